The molecule has 0 spiro atoms. The van der Waals surface area contributed by atoms with Gasteiger partial charge in [-0.1, -0.05) is 11.6 Å². The topological polar surface area (TPSA) is 41.6 Å². The van der Waals surface area contributed by atoms with Crippen molar-refractivity contribution in [3.05, 3.63) is 58.6 Å². The van der Waals surface area contributed by atoms with Gasteiger partial charge >= 0.3 is 6.61 Å². The maximum atomic E-state index is 13.9. The predicted octanol–water partition coefficient (Wildman–Crippen LogP) is 4.85. The van der Waals surface area contributed by atoms with E-state index in [1.165, 1.54) is 23.1 Å². The van der Waals surface area contributed by atoms with Gasteiger partial charge in [-0.25, -0.2) is 8.78 Å². The Labute approximate surface area is 158 Å². The molecular weight excluding hydrogens is 388 g/mol. The van der Waals surface area contributed by atoms with E-state index in [2.05, 4.69) is 10.1 Å². The highest BCUT2D eigenvalue weighted by Gasteiger charge is 2.19. The second kappa shape index (κ2) is 9.05. The van der Waals surface area contributed by atoms with E-state index >= 15 is 0 Å². The van der Waals surface area contributed by atoms with Crippen molar-refractivity contribution < 1.29 is 27.1 Å². The van der Waals surface area contributed by atoms with Crippen LogP contribution in [0.4, 0.5) is 23.2 Å². The van der Waals surface area contributed by atoms with E-state index in [4.69, 9.17) is 11.6 Å². The van der Waals surface area contributed by atoms with Gasteiger partial charge in [0, 0.05) is 17.3 Å². The van der Waals surface area contributed by atoms with Gasteiger partial charge in [0.15, 0.2) is 0 Å². The molecule has 0 aliphatic rings. The lowest BCUT2D eigenvalue weighted by atomic mass is 10.1. The number of likely N-dealkylation sites (N-methyl/N-ethyl adjacent to an activating group) is 1. The zero-order valence-corrected chi connectivity index (χ0v) is 15.2. The number of halogens is 5. The molecule has 0 unspecified atom stereocenters. The number of hydrogen-bond donors (Lipinski definition) is 1. The second-order valence-corrected chi connectivity index (χ2v) is 6.24. The zero-order valence-electron chi connectivity index (χ0n) is 14.5. The number of amides is 1. The Morgan fingerprint density at radius 1 is 1.22 bits per heavy atom. The van der Waals surface area contributed by atoms with Crippen LogP contribution in [0.2, 0.25) is 5.02 Å². The zero-order chi connectivity index (χ0) is 20.1. The molecule has 0 aliphatic heterocycles. The molecule has 146 valence electrons. The van der Waals surface area contributed by atoms with Crippen molar-refractivity contribution in [2.75, 3.05) is 18.9 Å². The van der Waals surface area contributed by atoms with E-state index in [0.29, 0.717) is 0 Å². The molecule has 4 nitrogen and oxygen atoms in total. The minimum absolute atomic E-state index is 0.0864. The summed E-state index contributed by atoms with van der Waals surface area (Å²) in [4.78, 5) is 13.7. The molecule has 27 heavy (non-hydrogen) atoms. The lowest BCUT2D eigenvalue weighted by Crippen LogP contribution is -2.32. The molecule has 2 aromatic rings. The van der Waals surface area contributed by atoms with Gasteiger partial charge in [0.1, 0.15) is 17.4 Å². The fraction of sp³-hybridized carbons (Fsp3) is 0.278. The van der Waals surface area contributed by atoms with Gasteiger partial charge in [-0.05, 0) is 50.4 Å². The van der Waals surface area contributed by atoms with Gasteiger partial charge in [0.05, 0.1) is 11.6 Å². The van der Waals surface area contributed by atoms with Crippen molar-refractivity contribution in [2.45, 2.75) is 19.6 Å². The average molecular weight is 405 g/mol. The lowest BCUT2D eigenvalue weighted by molar-refractivity contribution is -0.117. The van der Waals surface area contributed by atoms with Crippen LogP contribution in [0, 0.1) is 11.6 Å². The third-order valence-corrected chi connectivity index (χ3v) is 4.19. The average Bonchev–Trinajstić information content (AvgIpc) is 2.58. The summed E-state index contributed by atoms with van der Waals surface area (Å²) >= 11 is 5.83. The first-order valence-electron chi connectivity index (χ1n) is 7.86. The lowest BCUT2D eigenvalue weighted by Gasteiger charge is -2.25. The number of anilines is 1. The van der Waals surface area contributed by atoms with Crippen LogP contribution in [0.3, 0.4) is 0 Å². The fourth-order valence-corrected chi connectivity index (χ4v) is 2.63. The van der Waals surface area contributed by atoms with E-state index in [9.17, 15) is 22.4 Å². The largest absolute Gasteiger partial charge is 0.433 e. The molecule has 0 saturated heterocycles. The standard InChI is InChI=1S/C18H17ClF4N2O2/c1-10(13-7-11(20)3-5-15(13)21)25(2)9-17(26)24-12-4-6-16(14(19)8-12)27-18(22)23/h3-8,10,18H,9H2,1-2H3,(H,24,26)/t10-/m1/s1. The first kappa shape index (κ1) is 21.0. The molecule has 1 amide bonds. The Kier molecular flexibility index (Phi) is 7.04. The number of carbonyl (C=O) groups is 1. The molecule has 2 rings (SSSR count). The molecule has 0 aromatic heterocycles. The smallest absolute Gasteiger partial charge is 0.387 e. The minimum Gasteiger partial charge on any atom is -0.433 e. The fourth-order valence-electron chi connectivity index (χ4n) is 2.41. The molecule has 9 heteroatoms. The molecule has 1 N–H and O–H groups in total. The number of nitrogens with zero attached hydrogens (tertiary/aromatic N) is 1. The molecular formula is C18H17ClF4N2O2. The normalized spacial score (nSPS) is 12.3. The predicted molar refractivity (Wildman–Crippen MR) is 94.1 cm³/mol. The van der Waals surface area contributed by atoms with Crippen LogP contribution < -0.4 is 10.1 Å². The molecule has 0 saturated carbocycles. The van der Waals surface area contributed by atoms with Gasteiger partial charge < -0.3 is 10.1 Å². The van der Waals surface area contributed by atoms with Gasteiger partial charge in [-0.3, -0.25) is 9.69 Å². The van der Waals surface area contributed by atoms with Crippen LogP contribution in [-0.2, 0) is 4.79 Å². The highest BCUT2D eigenvalue weighted by atomic mass is 35.5. The van der Waals surface area contributed by atoms with Crippen LogP contribution in [0.1, 0.15) is 18.5 Å². The number of rotatable bonds is 7. The molecule has 0 heterocycles. The SMILES string of the molecule is C[C@H](c1cc(F)ccc1F)N(C)CC(=O)Nc1ccc(OC(F)F)c(Cl)c1. The van der Waals surface area contributed by atoms with Crippen molar-refractivity contribution in [3.8, 4) is 5.75 Å². The first-order chi connectivity index (χ1) is 12.7. The quantitative estimate of drug-likeness (QED) is 0.671. The van der Waals surface area contributed by atoms with Crippen molar-refractivity contribution in [1.29, 1.82) is 0 Å². The molecule has 0 aliphatic carbocycles. The summed E-state index contributed by atoms with van der Waals surface area (Å²) in [6.45, 7) is -1.50. The summed E-state index contributed by atoms with van der Waals surface area (Å²) in [6, 6.07) is 6.40. The Balaban J connectivity index is 2.00. The highest BCUT2D eigenvalue weighted by molar-refractivity contribution is 6.32. The minimum atomic E-state index is -3.01. The third-order valence-electron chi connectivity index (χ3n) is 3.89. The summed E-state index contributed by atoms with van der Waals surface area (Å²) < 4.78 is 55.9. The second-order valence-electron chi connectivity index (χ2n) is 5.83. The highest BCUT2D eigenvalue weighted by Crippen LogP contribution is 2.29. The Morgan fingerprint density at radius 3 is 2.56 bits per heavy atom. The summed E-state index contributed by atoms with van der Waals surface area (Å²) in [5, 5.41) is 2.46. The summed E-state index contributed by atoms with van der Waals surface area (Å²) in [5.74, 6) is -1.80. The maximum absolute atomic E-state index is 13.9. The Hall–Kier alpha value is -2.32. The van der Waals surface area contributed by atoms with Crippen LogP contribution >= 0.6 is 11.6 Å². The summed E-state index contributed by atoms with van der Waals surface area (Å²) in [7, 11) is 1.58. The van der Waals surface area contributed by atoms with Crippen LogP contribution in [-0.4, -0.2) is 31.0 Å². The summed E-state index contributed by atoms with van der Waals surface area (Å²) in [6.07, 6.45) is 0. The maximum Gasteiger partial charge on any atom is 0.387 e. The first-order valence-corrected chi connectivity index (χ1v) is 8.24. The molecule has 0 radical (unpaired) electrons. The summed E-state index contributed by atoms with van der Waals surface area (Å²) in [5.41, 5.74) is 0.409. The number of benzene rings is 2. The number of carbonyl (C=O) groups excluding carboxylic acids is 1. The van der Waals surface area contributed by atoms with Crippen LogP contribution in [0.25, 0.3) is 0 Å². The molecule has 0 bridgehead atoms. The monoisotopic (exact) mass is 404 g/mol. The van der Waals surface area contributed by atoms with Gasteiger partial charge in [0.25, 0.3) is 0 Å². The molecule has 0 fully saturated rings. The third kappa shape index (κ3) is 5.83. The van der Waals surface area contributed by atoms with E-state index in [1.807, 2.05) is 0 Å². The van der Waals surface area contributed by atoms with E-state index in [0.717, 1.165) is 18.2 Å². The van der Waals surface area contributed by atoms with Crippen LogP contribution in [0.15, 0.2) is 36.4 Å². The molecule has 2 aromatic carbocycles. The number of hydrogen-bond acceptors (Lipinski definition) is 3. The van der Waals surface area contributed by atoms with Crippen molar-refractivity contribution in [3.63, 3.8) is 0 Å². The van der Waals surface area contributed by atoms with Crippen LogP contribution in [0.5, 0.6) is 5.75 Å². The van der Waals surface area contributed by atoms with Gasteiger partial charge in [-0.2, -0.15) is 8.78 Å². The van der Waals surface area contributed by atoms with E-state index < -0.39 is 30.2 Å². The van der Waals surface area contributed by atoms with Crippen molar-refractivity contribution in [1.82, 2.24) is 4.90 Å². The number of nitrogens with one attached hydrogen (secondary N) is 1. The van der Waals surface area contributed by atoms with Crippen molar-refractivity contribution >= 4 is 23.2 Å². The number of alkyl halides is 2. The van der Waals surface area contributed by atoms with Gasteiger partial charge in [0.2, 0.25) is 5.91 Å². The van der Waals surface area contributed by atoms with E-state index in [1.54, 1.807) is 14.0 Å². The Bertz CT molecular complexity index is 820. The van der Waals surface area contributed by atoms with E-state index in [-0.39, 0.29) is 28.6 Å². The van der Waals surface area contributed by atoms with Crippen molar-refractivity contribution in [2.24, 2.45) is 0 Å². The Morgan fingerprint density at radius 2 is 1.93 bits per heavy atom. The molecule has 1 atom stereocenters. The van der Waals surface area contributed by atoms with Gasteiger partial charge in [-0.15, -0.1) is 0 Å². The number of ether oxygens (including phenoxy) is 1.